The van der Waals surface area contributed by atoms with Crippen molar-refractivity contribution in [2.24, 2.45) is 0 Å². The van der Waals surface area contributed by atoms with E-state index in [0.717, 1.165) is 0 Å². The number of nitrogens with zero attached hydrogens (tertiary/aromatic N) is 1. The van der Waals surface area contributed by atoms with Gasteiger partial charge in [0.2, 0.25) is 0 Å². The van der Waals surface area contributed by atoms with E-state index in [-0.39, 0.29) is 21.6 Å². The molecule has 1 aromatic rings. The van der Waals surface area contributed by atoms with Crippen LogP contribution in [-0.4, -0.2) is 18.1 Å². The number of anilines is 1. The summed E-state index contributed by atoms with van der Waals surface area (Å²) in [6, 6.07) is 1.30. The van der Waals surface area contributed by atoms with Crippen LogP contribution in [0.4, 0.5) is 5.69 Å². The van der Waals surface area contributed by atoms with Crippen LogP contribution in [0.5, 0.6) is 0 Å². The lowest BCUT2D eigenvalue weighted by atomic mass is 10.2. The SMILES string of the molecule is COC(=O)c1cc(Cl)nc(Cl)c1N. The molecule has 0 saturated heterocycles. The third kappa shape index (κ3) is 2.02. The van der Waals surface area contributed by atoms with Gasteiger partial charge in [-0.2, -0.15) is 0 Å². The Hall–Kier alpha value is -1.00. The molecule has 6 heteroatoms. The van der Waals surface area contributed by atoms with Gasteiger partial charge in [-0.1, -0.05) is 23.2 Å². The number of nitrogen functional groups attached to an aromatic ring is 1. The van der Waals surface area contributed by atoms with Gasteiger partial charge in [-0.25, -0.2) is 9.78 Å². The number of esters is 1. The maximum absolute atomic E-state index is 11.1. The van der Waals surface area contributed by atoms with E-state index < -0.39 is 5.97 Å². The third-order valence-corrected chi connectivity index (χ3v) is 1.87. The fourth-order valence-electron chi connectivity index (χ4n) is 0.773. The Kier molecular flexibility index (Phi) is 2.95. The lowest BCUT2D eigenvalue weighted by Gasteiger charge is -2.04. The van der Waals surface area contributed by atoms with Gasteiger partial charge >= 0.3 is 5.97 Å². The molecule has 1 heterocycles. The number of hydrogen-bond acceptors (Lipinski definition) is 4. The first-order valence-corrected chi connectivity index (χ1v) is 4.01. The van der Waals surface area contributed by atoms with Crippen LogP contribution in [0.15, 0.2) is 6.07 Å². The van der Waals surface area contributed by atoms with Crippen LogP contribution in [0.1, 0.15) is 10.4 Å². The number of aromatic nitrogens is 1. The maximum Gasteiger partial charge on any atom is 0.340 e. The molecule has 0 spiro atoms. The van der Waals surface area contributed by atoms with Gasteiger partial charge in [0.1, 0.15) is 5.15 Å². The smallest absolute Gasteiger partial charge is 0.340 e. The monoisotopic (exact) mass is 220 g/mol. The van der Waals surface area contributed by atoms with Crippen molar-refractivity contribution in [1.29, 1.82) is 0 Å². The second-order valence-electron chi connectivity index (χ2n) is 2.19. The highest BCUT2D eigenvalue weighted by Gasteiger charge is 2.14. The summed E-state index contributed by atoms with van der Waals surface area (Å²) < 4.78 is 4.46. The number of rotatable bonds is 1. The van der Waals surface area contributed by atoms with Gasteiger partial charge in [-0.3, -0.25) is 0 Å². The summed E-state index contributed by atoms with van der Waals surface area (Å²) in [4.78, 5) is 14.7. The molecular weight excluding hydrogens is 215 g/mol. The number of nitrogens with two attached hydrogens (primary N) is 1. The first-order chi connectivity index (χ1) is 6.06. The molecule has 13 heavy (non-hydrogen) atoms. The molecule has 1 aromatic heterocycles. The Balaban J connectivity index is 3.28. The van der Waals surface area contributed by atoms with E-state index in [9.17, 15) is 4.79 Å². The largest absolute Gasteiger partial charge is 0.465 e. The van der Waals surface area contributed by atoms with Crippen molar-refractivity contribution in [1.82, 2.24) is 4.98 Å². The van der Waals surface area contributed by atoms with Crippen LogP contribution >= 0.6 is 23.2 Å². The number of carbonyl (C=O) groups is 1. The van der Waals surface area contributed by atoms with Crippen LogP contribution < -0.4 is 5.73 Å². The molecule has 0 aromatic carbocycles. The van der Waals surface area contributed by atoms with E-state index in [2.05, 4.69) is 9.72 Å². The van der Waals surface area contributed by atoms with Crippen LogP contribution in [0.3, 0.4) is 0 Å². The highest BCUT2D eigenvalue weighted by Crippen LogP contribution is 2.24. The van der Waals surface area contributed by atoms with E-state index in [0.29, 0.717) is 0 Å². The summed E-state index contributed by atoms with van der Waals surface area (Å²) in [7, 11) is 1.24. The molecule has 0 unspecified atom stereocenters. The van der Waals surface area contributed by atoms with Gasteiger partial charge in [0.15, 0.2) is 5.15 Å². The summed E-state index contributed by atoms with van der Waals surface area (Å²) in [6.45, 7) is 0. The maximum atomic E-state index is 11.1. The molecule has 0 bridgehead atoms. The summed E-state index contributed by atoms with van der Waals surface area (Å²) in [6.07, 6.45) is 0. The number of hydrogen-bond donors (Lipinski definition) is 1. The predicted molar refractivity (Wildman–Crippen MR) is 50.0 cm³/mol. The third-order valence-electron chi connectivity index (χ3n) is 1.39. The topological polar surface area (TPSA) is 65.2 Å². The number of pyridine rings is 1. The average Bonchev–Trinajstić information content (AvgIpc) is 2.10. The van der Waals surface area contributed by atoms with Crippen molar-refractivity contribution in [3.05, 3.63) is 21.9 Å². The zero-order valence-corrected chi connectivity index (χ0v) is 8.19. The van der Waals surface area contributed by atoms with Crippen LogP contribution in [0.2, 0.25) is 10.3 Å². The zero-order chi connectivity index (χ0) is 10.0. The van der Waals surface area contributed by atoms with Gasteiger partial charge in [0, 0.05) is 0 Å². The number of ether oxygens (including phenoxy) is 1. The molecule has 0 aliphatic carbocycles. The molecule has 0 atom stereocenters. The normalized spacial score (nSPS) is 9.77. The fraction of sp³-hybridized carbons (Fsp3) is 0.143. The Labute approximate surface area is 84.6 Å². The quantitative estimate of drug-likeness (QED) is 0.579. The minimum Gasteiger partial charge on any atom is -0.465 e. The molecule has 0 fully saturated rings. The van der Waals surface area contributed by atoms with Gasteiger partial charge < -0.3 is 10.5 Å². The van der Waals surface area contributed by atoms with Crippen molar-refractivity contribution < 1.29 is 9.53 Å². The summed E-state index contributed by atoms with van der Waals surface area (Å²) in [5.41, 5.74) is 5.66. The Morgan fingerprint density at radius 2 is 2.23 bits per heavy atom. The molecule has 2 N–H and O–H groups in total. The zero-order valence-electron chi connectivity index (χ0n) is 6.67. The fourth-order valence-corrected chi connectivity index (χ4v) is 1.20. The molecule has 0 radical (unpaired) electrons. The van der Waals surface area contributed by atoms with Crippen molar-refractivity contribution in [2.45, 2.75) is 0 Å². The van der Waals surface area contributed by atoms with Gasteiger partial charge in [-0.05, 0) is 6.07 Å². The van der Waals surface area contributed by atoms with E-state index in [4.69, 9.17) is 28.9 Å². The van der Waals surface area contributed by atoms with Crippen molar-refractivity contribution in [2.75, 3.05) is 12.8 Å². The Morgan fingerprint density at radius 3 is 2.77 bits per heavy atom. The molecule has 4 nitrogen and oxygen atoms in total. The molecule has 70 valence electrons. The van der Waals surface area contributed by atoms with Crippen molar-refractivity contribution in [3.63, 3.8) is 0 Å². The second-order valence-corrected chi connectivity index (χ2v) is 2.93. The number of carbonyl (C=O) groups excluding carboxylic acids is 1. The summed E-state index contributed by atoms with van der Waals surface area (Å²) >= 11 is 11.2. The minimum atomic E-state index is -0.594. The molecule has 1 rings (SSSR count). The number of methoxy groups -OCH3 is 1. The second kappa shape index (κ2) is 3.81. The summed E-state index contributed by atoms with van der Waals surface area (Å²) in [5, 5.41) is 0.0903. The van der Waals surface area contributed by atoms with Crippen molar-refractivity contribution >= 4 is 34.9 Å². The summed E-state index contributed by atoms with van der Waals surface area (Å²) in [5.74, 6) is -0.594. The molecular formula is C7H6Cl2N2O2. The Morgan fingerprint density at radius 1 is 1.62 bits per heavy atom. The molecule has 0 amide bonds. The predicted octanol–water partition coefficient (Wildman–Crippen LogP) is 1.76. The highest BCUT2D eigenvalue weighted by atomic mass is 35.5. The average molecular weight is 221 g/mol. The first-order valence-electron chi connectivity index (χ1n) is 3.26. The standard InChI is InChI=1S/C7H6Cl2N2O2/c1-13-7(12)3-2-4(8)11-6(9)5(3)10/h2H,10H2,1H3. The van der Waals surface area contributed by atoms with E-state index in [1.54, 1.807) is 0 Å². The lowest BCUT2D eigenvalue weighted by Crippen LogP contribution is -2.06. The first kappa shape index (κ1) is 10.1. The molecule has 0 saturated carbocycles. The van der Waals surface area contributed by atoms with Gasteiger partial charge in [-0.15, -0.1) is 0 Å². The van der Waals surface area contributed by atoms with Crippen LogP contribution in [0, 0.1) is 0 Å². The van der Waals surface area contributed by atoms with Crippen LogP contribution in [-0.2, 0) is 4.74 Å². The molecule has 0 aliphatic rings. The van der Waals surface area contributed by atoms with Gasteiger partial charge in [0.05, 0.1) is 18.4 Å². The minimum absolute atomic E-state index is 0.00657. The molecule has 0 aliphatic heterocycles. The Bertz CT molecular complexity index is 355. The van der Waals surface area contributed by atoms with Crippen LogP contribution in [0.25, 0.3) is 0 Å². The van der Waals surface area contributed by atoms with E-state index in [1.807, 2.05) is 0 Å². The van der Waals surface area contributed by atoms with E-state index in [1.165, 1.54) is 13.2 Å². The lowest BCUT2D eigenvalue weighted by molar-refractivity contribution is 0.0602. The number of halogens is 2. The van der Waals surface area contributed by atoms with Gasteiger partial charge in [0.25, 0.3) is 0 Å². The van der Waals surface area contributed by atoms with E-state index >= 15 is 0 Å². The highest BCUT2D eigenvalue weighted by molar-refractivity contribution is 6.35. The van der Waals surface area contributed by atoms with Crippen molar-refractivity contribution in [3.8, 4) is 0 Å².